The lowest BCUT2D eigenvalue weighted by atomic mass is 9.83. The van der Waals surface area contributed by atoms with Crippen LogP contribution in [0.5, 0.6) is 5.75 Å². The van der Waals surface area contributed by atoms with Gasteiger partial charge in [-0.05, 0) is 29.5 Å². The normalized spacial score (nSPS) is 15.0. The monoisotopic (exact) mass is 327 g/mol. The van der Waals surface area contributed by atoms with Crippen LogP contribution in [0.2, 0.25) is 0 Å². The van der Waals surface area contributed by atoms with Crippen molar-refractivity contribution in [2.45, 2.75) is 45.7 Å². The first kappa shape index (κ1) is 20.0. The molecule has 1 rings (SSSR count). The van der Waals surface area contributed by atoms with E-state index in [-0.39, 0.29) is 36.0 Å². The highest BCUT2D eigenvalue weighted by Gasteiger charge is 2.31. The molecule has 0 saturated heterocycles. The van der Waals surface area contributed by atoms with Crippen LogP contribution in [0.1, 0.15) is 38.9 Å². The van der Waals surface area contributed by atoms with Crippen LogP contribution in [0.4, 0.5) is 13.2 Å². The van der Waals surface area contributed by atoms with Crippen LogP contribution in [-0.4, -0.2) is 17.5 Å². The molecule has 0 fully saturated rings. The van der Waals surface area contributed by atoms with Crippen LogP contribution in [0.25, 0.3) is 0 Å². The topological polar surface area (TPSA) is 55.5 Å². The van der Waals surface area contributed by atoms with Gasteiger partial charge in [0.2, 0.25) is 0 Å². The minimum absolute atomic E-state index is 0. The molecule has 122 valence electrons. The van der Waals surface area contributed by atoms with Crippen molar-refractivity contribution in [2.24, 2.45) is 11.1 Å². The summed E-state index contributed by atoms with van der Waals surface area (Å²) in [5, 5.41) is 10.1. The molecule has 7 heteroatoms. The van der Waals surface area contributed by atoms with Gasteiger partial charge in [0.1, 0.15) is 5.75 Å². The van der Waals surface area contributed by atoms with Crippen molar-refractivity contribution < 1.29 is 23.0 Å². The van der Waals surface area contributed by atoms with E-state index < -0.39 is 12.5 Å². The number of nitrogens with two attached hydrogens (primary N) is 1. The van der Waals surface area contributed by atoms with E-state index in [0.29, 0.717) is 5.56 Å². The first-order chi connectivity index (χ1) is 8.99. The van der Waals surface area contributed by atoms with Crippen molar-refractivity contribution in [3.63, 3.8) is 0 Å². The van der Waals surface area contributed by atoms with E-state index in [1.165, 1.54) is 18.2 Å². The van der Waals surface area contributed by atoms with Crippen LogP contribution >= 0.6 is 12.4 Å². The summed E-state index contributed by atoms with van der Waals surface area (Å²) < 4.78 is 40.2. The van der Waals surface area contributed by atoms with Gasteiger partial charge in [-0.2, -0.15) is 0 Å². The maximum Gasteiger partial charge on any atom is 0.573 e. The summed E-state index contributed by atoms with van der Waals surface area (Å²) in [5.41, 5.74) is 6.12. The number of rotatable bonds is 4. The molecule has 3 N–H and O–H groups in total. The minimum atomic E-state index is -4.74. The maximum atomic E-state index is 12.1. The largest absolute Gasteiger partial charge is 0.573 e. The molecular formula is C14H21ClF3NO2. The smallest absolute Gasteiger partial charge is 0.406 e. The molecule has 0 spiro atoms. The quantitative estimate of drug-likeness (QED) is 0.884. The summed E-state index contributed by atoms with van der Waals surface area (Å²) in [6, 6.07) is 5.04. The first-order valence-electron chi connectivity index (χ1n) is 6.28. The average molecular weight is 328 g/mol. The van der Waals surface area contributed by atoms with Gasteiger partial charge in [-0.25, -0.2) is 0 Å². The summed E-state index contributed by atoms with van der Waals surface area (Å²) in [6.07, 6.45) is -5.41. The molecule has 3 nitrogen and oxygen atoms in total. The molecule has 0 aromatic heterocycles. The highest BCUT2D eigenvalue weighted by atomic mass is 35.5. The standard InChI is InChI=1S/C14H20F3NO2.ClH/c1-13(2,3)12(18)8-11(19)9-5-4-6-10(7-9)20-14(15,16)17;/h4-7,11-12,19H,8,18H2,1-3H3;1H/t11-,12-;/m0./s1. The van der Waals surface area contributed by atoms with Crippen molar-refractivity contribution >= 4 is 12.4 Å². The molecule has 21 heavy (non-hydrogen) atoms. The number of alkyl halides is 3. The minimum Gasteiger partial charge on any atom is -0.406 e. The van der Waals surface area contributed by atoms with Gasteiger partial charge >= 0.3 is 6.36 Å². The number of hydrogen-bond acceptors (Lipinski definition) is 3. The van der Waals surface area contributed by atoms with Crippen LogP contribution in [-0.2, 0) is 0 Å². The SMILES string of the molecule is CC(C)(C)[C@@H](N)C[C@H](O)c1cccc(OC(F)(F)F)c1.Cl. The summed E-state index contributed by atoms with van der Waals surface area (Å²) in [7, 11) is 0. The predicted molar refractivity (Wildman–Crippen MR) is 77.4 cm³/mol. The molecule has 0 aliphatic carbocycles. The lowest BCUT2D eigenvalue weighted by Gasteiger charge is -2.29. The number of halogens is 4. The average Bonchev–Trinajstić information content (AvgIpc) is 2.25. The van der Waals surface area contributed by atoms with E-state index in [1.807, 2.05) is 20.8 Å². The lowest BCUT2D eigenvalue weighted by molar-refractivity contribution is -0.274. The van der Waals surface area contributed by atoms with Gasteiger partial charge in [0.15, 0.2) is 0 Å². The third kappa shape index (κ3) is 7.02. The molecular weight excluding hydrogens is 307 g/mol. The Morgan fingerprint density at radius 2 is 1.81 bits per heavy atom. The van der Waals surface area contributed by atoms with Crippen LogP contribution in [0.15, 0.2) is 24.3 Å². The number of aliphatic hydroxyl groups excluding tert-OH is 1. The third-order valence-electron chi connectivity index (χ3n) is 3.07. The molecule has 1 aromatic rings. The molecule has 0 aliphatic rings. The highest BCUT2D eigenvalue weighted by molar-refractivity contribution is 5.85. The van der Waals surface area contributed by atoms with Gasteiger partial charge in [0.05, 0.1) is 6.10 Å². The Labute approximate surface area is 128 Å². The Morgan fingerprint density at radius 1 is 1.24 bits per heavy atom. The zero-order valence-electron chi connectivity index (χ0n) is 12.1. The molecule has 0 heterocycles. The molecule has 0 saturated carbocycles. The highest BCUT2D eigenvalue weighted by Crippen LogP contribution is 2.29. The molecule has 0 unspecified atom stereocenters. The summed E-state index contributed by atoms with van der Waals surface area (Å²) >= 11 is 0. The molecule has 0 radical (unpaired) electrons. The second kappa shape index (κ2) is 7.33. The van der Waals surface area contributed by atoms with Crippen LogP contribution < -0.4 is 10.5 Å². The van der Waals surface area contributed by atoms with Crippen molar-refractivity contribution in [1.82, 2.24) is 0 Å². The molecule has 1 aromatic carbocycles. The van der Waals surface area contributed by atoms with Gasteiger partial charge < -0.3 is 15.6 Å². The van der Waals surface area contributed by atoms with E-state index in [2.05, 4.69) is 4.74 Å². The van der Waals surface area contributed by atoms with Crippen molar-refractivity contribution in [3.05, 3.63) is 29.8 Å². The van der Waals surface area contributed by atoms with Crippen molar-refractivity contribution in [3.8, 4) is 5.75 Å². The zero-order valence-corrected chi connectivity index (χ0v) is 13.0. The second-order valence-electron chi connectivity index (χ2n) is 5.84. The molecule has 0 bridgehead atoms. The van der Waals surface area contributed by atoms with Crippen LogP contribution in [0.3, 0.4) is 0 Å². The Morgan fingerprint density at radius 3 is 2.29 bits per heavy atom. The van der Waals surface area contributed by atoms with Gasteiger partial charge in [0, 0.05) is 6.04 Å². The molecule has 0 amide bonds. The molecule has 2 atom stereocenters. The van der Waals surface area contributed by atoms with Crippen LogP contribution in [0, 0.1) is 5.41 Å². The number of aliphatic hydroxyl groups is 1. The van der Waals surface area contributed by atoms with Gasteiger partial charge in [0.25, 0.3) is 0 Å². The number of ether oxygens (including phenoxy) is 1. The lowest BCUT2D eigenvalue weighted by Crippen LogP contribution is -2.36. The number of hydrogen-bond donors (Lipinski definition) is 2. The second-order valence-corrected chi connectivity index (χ2v) is 5.84. The van der Waals surface area contributed by atoms with Gasteiger partial charge in [-0.15, -0.1) is 25.6 Å². The first-order valence-corrected chi connectivity index (χ1v) is 6.28. The fourth-order valence-electron chi connectivity index (χ4n) is 1.65. The van der Waals surface area contributed by atoms with E-state index in [1.54, 1.807) is 6.07 Å². The Balaban J connectivity index is 0.00000400. The number of benzene rings is 1. The maximum absolute atomic E-state index is 12.1. The van der Waals surface area contributed by atoms with Gasteiger partial charge in [-0.1, -0.05) is 32.9 Å². The molecule has 0 aliphatic heterocycles. The Kier molecular flexibility index (Phi) is 6.99. The van der Waals surface area contributed by atoms with Gasteiger partial charge in [-0.3, -0.25) is 0 Å². The predicted octanol–water partition coefficient (Wildman–Crippen LogP) is 3.80. The van der Waals surface area contributed by atoms with E-state index in [4.69, 9.17) is 5.73 Å². The Hall–Kier alpha value is -0.980. The van der Waals surface area contributed by atoms with E-state index in [0.717, 1.165) is 0 Å². The summed E-state index contributed by atoms with van der Waals surface area (Å²) in [5.74, 6) is -0.349. The summed E-state index contributed by atoms with van der Waals surface area (Å²) in [4.78, 5) is 0. The van der Waals surface area contributed by atoms with E-state index in [9.17, 15) is 18.3 Å². The van der Waals surface area contributed by atoms with E-state index >= 15 is 0 Å². The third-order valence-corrected chi connectivity index (χ3v) is 3.07. The fraction of sp³-hybridized carbons (Fsp3) is 0.571. The van der Waals surface area contributed by atoms with Crippen molar-refractivity contribution in [1.29, 1.82) is 0 Å². The zero-order chi connectivity index (χ0) is 15.6. The van der Waals surface area contributed by atoms with Crippen molar-refractivity contribution in [2.75, 3.05) is 0 Å². The fourth-order valence-corrected chi connectivity index (χ4v) is 1.65. The summed E-state index contributed by atoms with van der Waals surface area (Å²) in [6.45, 7) is 5.81. The Bertz CT molecular complexity index is 447.